The van der Waals surface area contributed by atoms with Crippen LogP contribution in [0.3, 0.4) is 0 Å². The molecule has 0 saturated carbocycles. The summed E-state index contributed by atoms with van der Waals surface area (Å²) in [5, 5.41) is 13.8. The lowest BCUT2D eigenvalue weighted by Crippen LogP contribution is -2.45. The predicted octanol–water partition coefficient (Wildman–Crippen LogP) is 3.38. The molecule has 0 aromatic heterocycles. The van der Waals surface area contributed by atoms with E-state index in [1.807, 2.05) is 12.1 Å². The normalized spacial score (nSPS) is 15.2. The maximum Gasteiger partial charge on any atom is 0.271 e. The first kappa shape index (κ1) is 22.5. The lowest BCUT2D eigenvalue weighted by atomic mass is 10.1. The molecule has 1 fully saturated rings. The molecule has 0 aliphatic carbocycles. The second-order valence-corrected chi connectivity index (χ2v) is 9.46. The Bertz CT molecular complexity index is 1050. The molecule has 1 saturated heterocycles. The van der Waals surface area contributed by atoms with E-state index < -0.39 is 26.9 Å². The molecule has 0 bridgehead atoms. The lowest BCUT2D eigenvalue weighted by molar-refractivity contribution is -0.384. The minimum atomic E-state index is -3.87. The summed E-state index contributed by atoms with van der Waals surface area (Å²) in [6, 6.07) is 11.5. The fourth-order valence-corrected chi connectivity index (χ4v) is 4.87. The van der Waals surface area contributed by atoms with Gasteiger partial charge in [0.25, 0.3) is 5.69 Å². The molecule has 1 heterocycles. The maximum absolute atomic E-state index is 12.8. The van der Waals surface area contributed by atoms with Crippen molar-refractivity contribution in [1.82, 2.24) is 0 Å². The molecule has 0 unspecified atom stereocenters. The van der Waals surface area contributed by atoms with Crippen molar-refractivity contribution in [3.8, 4) is 0 Å². The zero-order chi connectivity index (χ0) is 22.6. The minimum Gasteiger partial charge on any atom is -0.372 e. The van der Waals surface area contributed by atoms with E-state index in [1.165, 1.54) is 31.5 Å². The van der Waals surface area contributed by atoms with Gasteiger partial charge in [-0.1, -0.05) is 6.07 Å². The number of hydrogen-bond donors (Lipinski definition) is 1. The molecule has 1 aliphatic rings. The Hall–Kier alpha value is -3.14. The molecule has 3 rings (SSSR count). The Kier molecular flexibility index (Phi) is 6.79. The number of carbonyl (C=O) groups excluding carboxylic acids is 1. The summed E-state index contributed by atoms with van der Waals surface area (Å²) in [5.74, 6) is -0.539. The Balaban J connectivity index is 1.77. The molecular formula is C21H26N4O5S. The van der Waals surface area contributed by atoms with E-state index in [0.717, 1.165) is 48.2 Å². The molecule has 1 atom stereocenters. The van der Waals surface area contributed by atoms with Gasteiger partial charge < -0.3 is 10.2 Å². The molecular weight excluding hydrogens is 420 g/mol. The van der Waals surface area contributed by atoms with E-state index in [9.17, 15) is 23.3 Å². The molecule has 10 heteroatoms. The van der Waals surface area contributed by atoms with Crippen molar-refractivity contribution < 1.29 is 18.1 Å². The number of nitrogens with zero attached hydrogens (tertiary/aromatic N) is 3. The van der Waals surface area contributed by atoms with E-state index in [4.69, 9.17) is 0 Å². The Morgan fingerprint density at radius 1 is 1.13 bits per heavy atom. The molecule has 31 heavy (non-hydrogen) atoms. The number of nitro benzene ring substituents is 1. The molecule has 9 nitrogen and oxygen atoms in total. The second-order valence-electron chi connectivity index (χ2n) is 7.60. The minimum absolute atomic E-state index is 0.0554. The van der Waals surface area contributed by atoms with Crippen LogP contribution in [0.1, 0.15) is 26.2 Å². The van der Waals surface area contributed by atoms with Crippen molar-refractivity contribution in [3.05, 3.63) is 58.6 Å². The molecule has 1 aliphatic heterocycles. The molecule has 0 spiro atoms. The number of rotatable bonds is 7. The average Bonchev–Trinajstić information content (AvgIpc) is 2.74. The summed E-state index contributed by atoms with van der Waals surface area (Å²) in [6.07, 6.45) is 4.52. The summed E-state index contributed by atoms with van der Waals surface area (Å²) < 4.78 is 25.7. The van der Waals surface area contributed by atoms with Gasteiger partial charge in [-0.2, -0.15) is 0 Å². The van der Waals surface area contributed by atoms with Crippen molar-refractivity contribution in [2.75, 3.05) is 33.9 Å². The highest BCUT2D eigenvalue weighted by atomic mass is 32.2. The van der Waals surface area contributed by atoms with Crippen LogP contribution in [0.5, 0.6) is 0 Å². The van der Waals surface area contributed by atoms with Crippen LogP contribution in [0.2, 0.25) is 0 Å². The number of carbonyl (C=O) groups is 1. The SMILES string of the molecule is C[C@H](C(=O)Nc1ccc(N2CCCCC2)cc1)N(c1cccc([N+](=O)[O-])c1)S(C)(=O)=O. The summed E-state index contributed by atoms with van der Waals surface area (Å²) in [5.41, 5.74) is 1.43. The van der Waals surface area contributed by atoms with Gasteiger partial charge in [-0.05, 0) is 56.5 Å². The number of benzene rings is 2. The molecule has 1 amide bonds. The third-order valence-electron chi connectivity index (χ3n) is 5.24. The van der Waals surface area contributed by atoms with E-state index in [0.29, 0.717) is 5.69 Å². The highest BCUT2D eigenvalue weighted by molar-refractivity contribution is 7.92. The van der Waals surface area contributed by atoms with Gasteiger partial charge in [0.1, 0.15) is 6.04 Å². The molecule has 2 aromatic rings. The quantitative estimate of drug-likeness (QED) is 0.515. The van der Waals surface area contributed by atoms with E-state index in [-0.39, 0.29) is 11.4 Å². The van der Waals surface area contributed by atoms with Gasteiger partial charge in [0.15, 0.2) is 0 Å². The van der Waals surface area contributed by atoms with Crippen molar-refractivity contribution in [3.63, 3.8) is 0 Å². The first-order chi connectivity index (χ1) is 14.7. The maximum atomic E-state index is 12.8. The van der Waals surface area contributed by atoms with Gasteiger partial charge in [-0.15, -0.1) is 0 Å². The number of nitrogens with one attached hydrogen (secondary N) is 1. The first-order valence-corrected chi connectivity index (χ1v) is 11.9. The van der Waals surface area contributed by atoms with Crippen LogP contribution in [0.25, 0.3) is 0 Å². The molecule has 1 N–H and O–H groups in total. The fraction of sp³-hybridized carbons (Fsp3) is 0.381. The number of hydrogen-bond acceptors (Lipinski definition) is 6. The van der Waals surface area contributed by atoms with Crippen molar-refractivity contribution in [2.24, 2.45) is 0 Å². The average molecular weight is 447 g/mol. The third kappa shape index (κ3) is 5.52. The fourth-order valence-electron chi connectivity index (χ4n) is 3.71. The smallest absolute Gasteiger partial charge is 0.271 e. The Morgan fingerprint density at radius 3 is 2.35 bits per heavy atom. The van der Waals surface area contributed by atoms with Gasteiger partial charge in [0.2, 0.25) is 15.9 Å². The van der Waals surface area contributed by atoms with Crippen LogP contribution in [-0.2, 0) is 14.8 Å². The van der Waals surface area contributed by atoms with Crippen LogP contribution in [0.15, 0.2) is 48.5 Å². The zero-order valence-electron chi connectivity index (χ0n) is 17.5. The first-order valence-electron chi connectivity index (χ1n) is 10.1. The third-order valence-corrected chi connectivity index (χ3v) is 6.48. The highest BCUT2D eigenvalue weighted by Crippen LogP contribution is 2.26. The second kappa shape index (κ2) is 9.34. The molecule has 166 valence electrons. The molecule has 2 aromatic carbocycles. The van der Waals surface area contributed by atoms with Crippen molar-refractivity contribution in [2.45, 2.75) is 32.2 Å². The standard InChI is InChI=1S/C21H26N4O5S/c1-16(24(31(2,29)30)19-7-6-8-20(15-19)25(27)28)21(26)22-17-9-11-18(12-10-17)23-13-4-3-5-14-23/h6-12,15-16H,3-5,13-14H2,1-2H3,(H,22,26)/t16-/m1/s1. The summed E-state index contributed by atoms with van der Waals surface area (Å²) in [6.45, 7) is 3.46. The van der Waals surface area contributed by atoms with Crippen LogP contribution in [0, 0.1) is 10.1 Å². The largest absolute Gasteiger partial charge is 0.372 e. The summed E-state index contributed by atoms with van der Waals surface area (Å²) in [7, 11) is -3.87. The van der Waals surface area contributed by atoms with Crippen molar-refractivity contribution >= 4 is 38.7 Å². The highest BCUT2D eigenvalue weighted by Gasteiger charge is 2.30. The number of non-ortho nitro benzene ring substituents is 1. The van der Waals surface area contributed by atoms with Crippen molar-refractivity contribution in [1.29, 1.82) is 0 Å². The van der Waals surface area contributed by atoms with E-state index >= 15 is 0 Å². The van der Waals surface area contributed by atoms with Crippen LogP contribution in [0.4, 0.5) is 22.7 Å². The molecule has 0 radical (unpaired) electrons. The van der Waals surface area contributed by atoms with Gasteiger partial charge in [-0.25, -0.2) is 8.42 Å². The number of sulfonamides is 1. The topological polar surface area (TPSA) is 113 Å². The Labute approximate surface area is 181 Å². The van der Waals surface area contributed by atoms with Gasteiger partial charge >= 0.3 is 0 Å². The van der Waals surface area contributed by atoms with Crippen LogP contribution in [-0.4, -0.2) is 44.6 Å². The lowest BCUT2D eigenvalue weighted by Gasteiger charge is -2.29. The Morgan fingerprint density at radius 2 is 1.77 bits per heavy atom. The summed E-state index contributed by atoms with van der Waals surface area (Å²) in [4.78, 5) is 25.6. The van der Waals surface area contributed by atoms with Crippen LogP contribution < -0.4 is 14.5 Å². The number of amides is 1. The zero-order valence-corrected chi connectivity index (χ0v) is 18.3. The van der Waals surface area contributed by atoms with Gasteiger partial charge in [-0.3, -0.25) is 19.2 Å². The van der Waals surface area contributed by atoms with Gasteiger partial charge in [0, 0.05) is 36.6 Å². The monoisotopic (exact) mass is 446 g/mol. The number of anilines is 3. The van der Waals surface area contributed by atoms with E-state index in [2.05, 4.69) is 10.2 Å². The van der Waals surface area contributed by atoms with Crippen LogP contribution >= 0.6 is 0 Å². The predicted molar refractivity (Wildman–Crippen MR) is 121 cm³/mol. The number of piperidine rings is 1. The van der Waals surface area contributed by atoms with Gasteiger partial charge in [0.05, 0.1) is 16.9 Å². The number of nitro groups is 1. The van der Waals surface area contributed by atoms with E-state index in [1.54, 1.807) is 12.1 Å². The summed E-state index contributed by atoms with van der Waals surface area (Å²) >= 11 is 0.